The maximum absolute atomic E-state index is 5.74. The lowest BCUT2D eigenvalue weighted by Gasteiger charge is -2.62. The summed E-state index contributed by atoms with van der Waals surface area (Å²) in [5, 5.41) is 3.50. The Kier molecular flexibility index (Phi) is 9.38. The lowest BCUT2D eigenvalue weighted by atomic mass is 9.65. The van der Waals surface area contributed by atoms with Crippen molar-refractivity contribution < 1.29 is 4.74 Å². The zero-order valence-electron chi connectivity index (χ0n) is 17.0. The summed E-state index contributed by atoms with van der Waals surface area (Å²) in [5.74, 6) is 1.02. The second kappa shape index (κ2) is 10.5. The topological polar surface area (TPSA) is 36.9 Å². The average molecular weight is 473 g/mol. The van der Waals surface area contributed by atoms with E-state index in [0.717, 1.165) is 51.5 Å². The summed E-state index contributed by atoms with van der Waals surface area (Å²) in [5.41, 5.74) is 1.82. The summed E-state index contributed by atoms with van der Waals surface area (Å²) in [4.78, 5) is 6.83. The van der Waals surface area contributed by atoms with Crippen LogP contribution in [-0.2, 0) is 11.2 Å². The highest BCUT2D eigenvalue weighted by atomic mass is 127. The van der Waals surface area contributed by atoms with E-state index < -0.39 is 0 Å². The number of nitrogens with one attached hydrogen (secondary N) is 1. The highest BCUT2D eigenvalue weighted by molar-refractivity contribution is 14.0. The smallest absolute Gasteiger partial charge is 0.194 e. The van der Waals surface area contributed by atoms with Crippen LogP contribution in [0.5, 0.6) is 0 Å². The molecule has 0 saturated carbocycles. The number of hydrogen-bond acceptors (Lipinski definition) is 2. The third kappa shape index (κ3) is 5.84. The molecule has 0 aromatic heterocycles. The van der Waals surface area contributed by atoms with Crippen molar-refractivity contribution in [2.75, 3.05) is 33.4 Å². The van der Waals surface area contributed by atoms with Gasteiger partial charge < -0.3 is 15.0 Å². The molecule has 1 aliphatic heterocycles. The van der Waals surface area contributed by atoms with Crippen molar-refractivity contribution >= 4 is 29.9 Å². The van der Waals surface area contributed by atoms with Gasteiger partial charge in [0.25, 0.3) is 0 Å². The summed E-state index contributed by atoms with van der Waals surface area (Å²) in [6.07, 6.45) is 3.17. The maximum Gasteiger partial charge on any atom is 0.194 e. The second-order valence-corrected chi connectivity index (χ2v) is 8.06. The van der Waals surface area contributed by atoms with Gasteiger partial charge in [0.05, 0.1) is 6.61 Å². The zero-order valence-corrected chi connectivity index (χ0v) is 19.4. The van der Waals surface area contributed by atoms with Crippen LogP contribution in [0.25, 0.3) is 0 Å². The monoisotopic (exact) mass is 473 g/mol. The summed E-state index contributed by atoms with van der Waals surface area (Å²) in [6.45, 7) is 12.9. The van der Waals surface area contributed by atoms with E-state index in [0.29, 0.717) is 5.41 Å². The number of rotatable bonds is 8. The molecule has 1 aliphatic rings. The summed E-state index contributed by atoms with van der Waals surface area (Å²) in [6, 6.07) is 10.5. The SMILES string of the molecule is CN=C(NCCCCOCCc1ccccc1)N1CC(C)(C)C1(C)C.I. The van der Waals surface area contributed by atoms with Crippen LogP contribution in [0.3, 0.4) is 0 Å². The Morgan fingerprint density at radius 3 is 2.38 bits per heavy atom. The molecule has 0 radical (unpaired) electrons. The molecule has 5 heteroatoms. The standard InChI is InChI=1S/C21H35N3O.HI/c1-20(2)17-24(21(20,3)4)19(22-5)23-14-9-10-15-25-16-13-18-11-7-6-8-12-18;/h6-8,11-12H,9-10,13-17H2,1-5H3,(H,22,23);1H. The highest BCUT2D eigenvalue weighted by Crippen LogP contribution is 2.46. The number of hydrogen-bond donors (Lipinski definition) is 1. The predicted molar refractivity (Wildman–Crippen MR) is 122 cm³/mol. The van der Waals surface area contributed by atoms with Crippen LogP contribution in [0.1, 0.15) is 46.1 Å². The molecule has 148 valence electrons. The first-order valence-electron chi connectivity index (χ1n) is 9.48. The molecule has 1 aromatic carbocycles. The molecule has 0 atom stereocenters. The molecule has 1 N–H and O–H groups in total. The Bertz CT molecular complexity index is 558. The Hall–Kier alpha value is -0.820. The molecule has 0 unspecified atom stereocenters. The fourth-order valence-corrected chi connectivity index (χ4v) is 3.16. The van der Waals surface area contributed by atoms with Gasteiger partial charge >= 0.3 is 0 Å². The Labute approximate surface area is 176 Å². The Balaban J connectivity index is 0.00000338. The average Bonchev–Trinajstić information content (AvgIpc) is 2.60. The molecule has 0 spiro atoms. The third-order valence-electron chi connectivity index (χ3n) is 5.73. The molecule has 26 heavy (non-hydrogen) atoms. The van der Waals surface area contributed by atoms with Gasteiger partial charge in [0.2, 0.25) is 0 Å². The molecule has 1 fully saturated rings. The molecule has 1 aromatic rings. The van der Waals surface area contributed by atoms with E-state index in [2.05, 4.69) is 67.2 Å². The molecule has 0 bridgehead atoms. The van der Waals surface area contributed by atoms with Gasteiger partial charge in [-0.25, -0.2) is 0 Å². The summed E-state index contributed by atoms with van der Waals surface area (Å²) >= 11 is 0. The van der Waals surface area contributed by atoms with Gasteiger partial charge in [-0.15, -0.1) is 24.0 Å². The van der Waals surface area contributed by atoms with Gasteiger partial charge in [0.1, 0.15) is 0 Å². The molecule has 1 heterocycles. The number of nitrogens with zero attached hydrogens (tertiary/aromatic N) is 2. The van der Waals surface area contributed by atoms with Crippen molar-refractivity contribution in [3.05, 3.63) is 35.9 Å². The number of benzene rings is 1. The first-order chi connectivity index (χ1) is 11.9. The summed E-state index contributed by atoms with van der Waals surface area (Å²) in [7, 11) is 1.87. The number of likely N-dealkylation sites (tertiary alicyclic amines) is 1. The second-order valence-electron chi connectivity index (χ2n) is 8.06. The fourth-order valence-electron chi connectivity index (χ4n) is 3.16. The fraction of sp³-hybridized carbons (Fsp3) is 0.667. The summed E-state index contributed by atoms with van der Waals surface area (Å²) < 4.78 is 5.74. The quantitative estimate of drug-likeness (QED) is 0.264. The van der Waals surface area contributed by atoms with E-state index in [1.165, 1.54) is 5.56 Å². The van der Waals surface area contributed by atoms with Crippen LogP contribution in [0.15, 0.2) is 35.3 Å². The van der Waals surface area contributed by atoms with Crippen molar-refractivity contribution in [3.8, 4) is 0 Å². The molecular weight excluding hydrogens is 437 g/mol. The lowest BCUT2D eigenvalue weighted by Crippen LogP contribution is -2.72. The molecular formula is C21H36IN3O. The largest absolute Gasteiger partial charge is 0.381 e. The molecule has 1 saturated heterocycles. The van der Waals surface area contributed by atoms with Gasteiger partial charge in [0.15, 0.2) is 5.96 Å². The van der Waals surface area contributed by atoms with Crippen LogP contribution in [-0.4, -0.2) is 49.7 Å². The predicted octanol–water partition coefficient (Wildman–Crippen LogP) is 4.34. The van der Waals surface area contributed by atoms with Gasteiger partial charge in [0, 0.05) is 37.7 Å². The lowest BCUT2D eigenvalue weighted by molar-refractivity contribution is -0.0667. The normalized spacial score (nSPS) is 18.0. The molecule has 2 rings (SSSR count). The minimum atomic E-state index is 0. The minimum Gasteiger partial charge on any atom is -0.381 e. The number of unbranched alkanes of at least 4 members (excludes halogenated alkanes) is 1. The molecule has 0 amide bonds. The number of halogens is 1. The Morgan fingerprint density at radius 2 is 1.81 bits per heavy atom. The Morgan fingerprint density at radius 1 is 1.12 bits per heavy atom. The maximum atomic E-state index is 5.74. The van der Waals surface area contributed by atoms with E-state index in [1.807, 2.05) is 13.1 Å². The van der Waals surface area contributed by atoms with E-state index in [1.54, 1.807) is 0 Å². The van der Waals surface area contributed by atoms with Gasteiger partial charge in [-0.1, -0.05) is 44.2 Å². The number of guanidine groups is 1. The van der Waals surface area contributed by atoms with Crippen molar-refractivity contribution in [1.29, 1.82) is 0 Å². The van der Waals surface area contributed by atoms with E-state index in [4.69, 9.17) is 4.74 Å². The van der Waals surface area contributed by atoms with Crippen LogP contribution >= 0.6 is 24.0 Å². The van der Waals surface area contributed by atoms with E-state index in [-0.39, 0.29) is 29.5 Å². The van der Waals surface area contributed by atoms with Gasteiger partial charge in [-0.3, -0.25) is 4.99 Å². The molecule has 4 nitrogen and oxygen atoms in total. The van der Waals surface area contributed by atoms with Gasteiger partial charge in [-0.2, -0.15) is 0 Å². The van der Waals surface area contributed by atoms with Crippen molar-refractivity contribution in [2.24, 2.45) is 10.4 Å². The number of aliphatic imine (C=N–C) groups is 1. The third-order valence-corrected chi connectivity index (χ3v) is 5.73. The van der Waals surface area contributed by atoms with E-state index >= 15 is 0 Å². The minimum absolute atomic E-state index is 0. The first kappa shape index (κ1) is 23.2. The highest BCUT2D eigenvalue weighted by Gasteiger charge is 2.53. The van der Waals surface area contributed by atoms with Crippen LogP contribution < -0.4 is 5.32 Å². The molecule has 0 aliphatic carbocycles. The van der Waals surface area contributed by atoms with Crippen LogP contribution in [0.4, 0.5) is 0 Å². The number of ether oxygens (including phenoxy) is 1. The van der Waals surface area contributed by atoms with Gasteiger partial charge in [-0.05, 0) is 38.7 Å². The van der Waals surface area contributed by atoms with E-state index in [9.17, 15) is 0 Å². The van der Waals surface area contributed by atoms with Crippen molar-refractivity contribution in [1.82, 2.24) is 10.2 Å². The zero-order chi connectivity index (χ0) is 18.3. The van der Waals surface area contributed by atoms with Crippen molar-refractivity contribution in [2.45, 2.75) is 52.5 Å². The first-order valence-corrected chi connectivity index (χ1v) is 9.48. The van der Waals surface area contributed by atoms with Crippen molar-refractivity contribution in [3.63, 3.8) is 0 Å². The van der Waals surface area contributed by atoms with Crippen LogP contribution in [0.2, 0.25) is 0 Å². The van der Waals surface area contributed by atoms with Crippen LogP contribution in [0, 0.1) is 5.41 Å².